The number of rotatable bonds is 2. The Kier molecular flexibility index (Phi) is 3.34. The molecule has 0 saturated heterocycles. The van der Waals surface area contributed by atoms with Gasteiger partial charge in [0.15, 0.2) is 6.29 Å². The standard InChI is InChI=1S/C18H15BrN2O/c19-15-7-8-17-20-18(16(11-22)21(17)10-15)14-6-5-12-3-1-2-4-13(12)9-14/h5-11H,1-4H2. The molecule has 3 aromatic rings. The van der Waals surface area contributed by atoms with Gasteiger partial charge in [-0.2, -0.15) is 0 Å². The van der Waals surface area contributed by atoms with E-state index in [-0.39, 0.29) is 0 Å². The zero-order valence-electron chi connectivity index (χ0n) is 12.1. The van der Waals surface area contributed by atoms with Crippen molar-refractivity contribution in [3.63, 3.8) is 0 Å². The summed E-state index contributed by atoms with van der Waals surface area (Å²) in [6.07, 6.45) is 7.57. The number of fused-ring (bicyclic) bond motifs is 2. The van der Waals surface area contributed by atoms with Crippen LogP contribution in [0.25, 0.3) is 16.9 Å². The van der Waals surface area contributed by atoms with Crippen molar-refractivity contribution in [2.24, 2.45) is 0 Å². The molecule has 0 radical (unpaired) electrons. The summed E-state index contributed by atoms with van der Waals surface area (Å²) in [5.41, 5.74) is 6.03. The van der Waals surface area contributed by atoms with Crippen LogP contribution < -0.4 is 0 Å². The van der Waals surface area contributed by atoms with Gasteiger partial charge in [0.2, 0.25) is 0 Å². The number of carbonyl (C=O) groups excluding carboxylic acids is 1. The second-order valence-corrected chi connectivity index (χ2v) is 6.65. The minimum Gasteiger partial charge on any atom is -0.296 e. The highest BCUT2D eigenvalue weighted by Gasteiger charge is 2.16. The first-order valence-electron chi connectivity index (χ1n) is 7.51. The Morgan fingerprint density at radius 2 is 1.91 bits per heavy atom. The summed E-state index contributed by atoms with van der Waals surface area (Å²) in [6.45, 7) is 0. The number of imidazole rings is 1. The minimum atomic E-state index is 0.604. The maximum absolute atomic E-state index is 11.6. The molecule has 22 heavy (non-hydrogen) atoms. The number of aldehydes is 1. The predicted octanol–water partition coefficient (Wildman–Crippen LogP) is 4.46. The van der Waals surface area contributed by atoms with Crippen LogP contribution in [0.5, 0.6) is 0 Å². The molecule has 0 aliphatic heterocycles. The number of nitrogens with zero attached hydrogens (tertiary/aromatic N) is 2. The van der Waals surface area contributed by atoms with Gasteiger partial charge in [-0.25, -0.2) is 4.98 Å². The lowest BCUT2D eigenvalue weighted by Gasteiger charge is -2.16. The lowest BCUT2D eigenvalue weighted by molar-refractivity contribution is 0.111. The molecular weight excluding hydrogens is 340 g/mol. The van der Waals surface area contributed by atoms with Gasteiger partial charge in [-0.1, -0.05) is 12.1 Å². The van der Waals surface area contributed by atoms with E-state index in [0.717, 1.165) is 40.5 Å². The molecule has 1 aromatic carbocycles. The molecule has 0 bridgehead atoms. The van der Waals surface area contributed by atoms with Gasteiger partial charge in [-0.05, 0) is 70.9 Å². The van der Waals surface area contributed by atoms with E-state index in [2.05, 4.69) is 39.1 Å². The monoisotopic (exact) mass is 354 g/mol. The van der Waals surface area contributed by atoms with E-state index in [4.69, 9.17) is 0 Å². The van der Waals surface area contributed by atoms with Crippen LogP contribution in [0, 0.1) is 0 Å². The highest BCUT2D eigenvalue weighted by Crippen LogP contribution is 2.29. The van der Waals surface area contributed by atoms with Crippen molar-refractivity contribution in [3.8, 4) is 11.3 Å². The van der Waals surface area contributed by atoms with Gasteiger partial charge in [0, 0.05) is 16.2 Å². The molecule has 2 heterocycles. The van der Waals surface area contributed by atoms with Crippen LogP contribution >= 0.6 is 15.9 Å². The maximum Gasteiger partial charge on any atom is 0.169 e. The van der Waals surface area contributed by atoms with E-state index in [0.29, 0.717) is 5.69 Å². The van der Waals surface area contributed by atoms with Crippen molar-refractivity contribution in [3.05, 3.63) is 57.8 Å². The summed E-state index contributed by atoms with van der Waals surface area (Å²) in [5.74, 6) is 0. The number of hydrogen-bond acceptors (Lipinski definition) is 2. The molecule has 110 valence electrons. The third-order valence-electron chi connectivity index (χ3n) is 4.35. The Hall–Kier alpha value is -1.94. The number of aromatic nitrogens is 2. The Labute approximate surface area is 137 Å². The van der Waals surface area contributed by atoms with Crippen molar-refractivity contribution < 1.29 is 4.79 Å². The fourth-order valence-electron chi connectivity index (χ4n) is 3.24. The van der Waals surface area contributed by atoms with Crippen molar-refractivity contribution in [1.29, 1.82) is 0 Å². The second-order valence-electron chi connectivity index (χ2n) is 5.73. The smallest absolute Gasteiger partial charge is 0.169 e. The van der Waals surface area contributed by atoms with Gasteiger partial charge in [0.25, 0.3) is 0 Å². The number of aryl methyl sites for hydroxylation is 2. The molecule has 0 atom stereocenters. The molecule has 0 amide bonds. The largest absolute Gasteiger partial charge is 0.296 e. The van der Waals surface area contributed by atoms with E-state index in [1.165, 1.54) is 24.0 Å². The van der Waals surface area contributed by atoms with Crippen LogP contribution in [0.15, 0.2) is 41.0 Å². The summed E-state index contributed by atoms with van der Waals surface area (Å²) in [7, 11) is 0. The molecular formula is C18H15BrN2O. The summed E-state index contributed by atoms with van der Waals surface area (Å²) < 4.78 is 2.77. The second kappa shape index (κ2) is 5.36. The summed E-state index contributed by atoms with van der Waals surface area (Å²) in [4.78, 5) is 16.3. The zero-order chi connectivity index (χ0) is 15.1. The van der Waals surface area contributed by atoms with Crippen molar-refractivity contribution in [1.82, 2.24) is 9.38 Å². The molecule has 2 aromatic heterocycles. The first-order chi connectivity index (χ1) is 10.8. The van der Waals surface area contributed by atoms with Crippen LogP contribution in [0.3, 0.4) is 0 Å². The highest BCUT2D eigenvalue weighted by molar-refractivity contribution is 9.10. The fourth-order valence-corrected chi connectivity index (χ4v) is 3.58. The SMILES string of the molecule is O=Cc1c(-c2ccc3c(c2)CCCC3)nc2ccc(Br)cn12. The van der Waals surface area contributed by atoms with Crippen LogP contribution in [-0.2, 0) is 12.8 Å². The quantitative estimate of drug-likeness (QED) is 0.637. The van der Waals surface area contributed by atoms with Gasteiger partial charge in [0.1, 0.15) is 17.0 Å². The van der Waals surface area contributed by atoms with Crippen LogP contribution in [0.2, 0.25) is 0 Å². The van der Waals surface area contributed by atoms with Gasteiger partial charge < -0.3 is 0 Å². The third kappa shape index (κ3) is 2.18. The van der Waals surface area contributed by atoms with Crippen LogP contribution in [0.4, 0.5) is 0 Å². The molecule has 4 heteroatoms. The topological polar surface area (TPSA) is 34.4 Å². The van der Waals surface area contributed by atoms with Gasteiger partial charge in [0.05, 0.1) is 0 Å². The average Bonchev–Trinajstić information content (AvgIpc) is 2.92. The normalized spacial score (nSPS) is 14.0. The van der Waals surface area contributed by atoms with E-state index >= 15 is 0 Å². The van der Waals surface area contributed by atoms with Gasteiger partial charge in [-0.3, -0.25) is 9.20 Å². The van der Waals surface area contributed by atoms with Gasteiger partial charge >= 0.3 is 0 Å². The number of carbonyl (C=O) groups is 1. The third-order valence-corrected chi connectivity index (χ3v) is 4.82. The number of halogens is 1. The number of hydrogen-bond donors (Lipinski definition) is 0. The maximum atomic E-state index is 11.6. The Morgan fingerprint density at radius 1 is 1.09 bits per heavy atom. The molecule has 0 saturated carbocycles. The molecule has 1 aliphatic carbocycles. The molecule has 0 spiro atoms. The first-order valence-corrected chi connectivity index (χ1v) is 8.30. The molecule has 0 N–H and O–H groups in total. The van der Waals surface area contributed by atoms with Crippen molar-refractivity contribution in [2.75, 3.05) is 0 Å². The summed E-state index contributed by atoms with van der Waals surface area (Å²) in [6, 6.07) is 10.3. The van der Waals surface area contributed by atoms with Crippen molar-refractivity contribution >= 4 is 27.9 Å². The first kappa shape index (κ1) is 13.7. The Bertz CT molecular complexity index is 882. The summed E-state index contributed by atoms with van der Waals surface area (Å²) in [5, 5.41) is 0. The minimum absolute atomic E-state index is 0.604. The average molecular weight is 355 g/mol. The van der Waals surface area contributed by atoms with E-state index in [9.17, 15) is 4.79 Å². The van der Waals surface area contributed by atoms with Crippen LogP contribution in [-0.4, -0.2) is 15.7 Å². The Balaban J connectivity index is 1.92. The van der Waals surface area contributed by atoms with Crippen molar-refractivity contribution in [2.45, 2.75) is 25.7 Å². The fraction of sp³-hybridized carbons (Fsp3) is 0.222. The number of benzene rings is 1. The molecule has 0 fully saturated rings. The predicted molar refractivity (Wildman–Crippen MR) is 90.4 cm³/mol. The van der Waals surface area contributed by atoms with E-state index in [1.807, 2.05) is 22.7 Å². The molecule has 0 unspecified atom stereocenters. The van der Waals surface area contributed by atoms with Gasteiger partial charge in [-0.15, -0.1) is 0 Å². The van der Waals surface area contributed by atoms with E-state index < -0.39 is 0 Å². The lowest BCUT2D eigenvalue weighted by Crippen LogP contribution is -2.02. The van der Waals surface area contributed by atoms with E-state index in [1.54, 1.807) is 0 Å². The number of pyridine rings is 1. The highest BCUT2D eigenvalue weighted by atomic mass is 79.9. The van der Waals surface area contributed by atoms with Crippen LogP contribution in [0.1, 0.15) is 34.5 Å². The molecule has 1 aliphatic rings. The summed E-state index contributed by atoms with van der Waals surface area (Å²) >= 11 is 3.45. The zero-order valence-corrected chi connectivity index (χ0v) is 13.6. The lowest BCUT2D eigenvalue weighted by atomic mass is 9.90. The molecule has 3 nitrogen and oxygen atoms in total. The Morgan fingerprint density at radius 3 is 2.73 bits per heavy atom. The molecule has 4 rings (SSSR count).